The highest BCUT2D eigenvalue weighted by Gasteiger charge is 2.33. The average Bonchev–Trinajstić information content (AvgIpc) is 2.60. The van der Waals surface area contributed by atoms with Crippen LogP contribution in [0.2, 0.25) is 0 Å². The van der Waals surface area contributed by atoms with Gasteiger partial charge in [0.1, 0.15) is 0 Å². The summed E-state index contributed by atoms with van der Waals surface area (Å²) in [6.07, 6.45) is 5.64. The number of nitriles is 1. The van der Waals surface area contributed by atoms with E-state index in [0.29, 0.717) is 19.0 Å². The topological polar surface area (TPSA) is 47.3 Å². The second-order valence-electron chi connectivity index (χ2n) is 4.77. The fourth-order valence-corrected chi connectivity index (χ4v) is 2.50. The normalized spacial score (nSPS) is 21.5. The molecule has 0 aromatic rings. The molecule has 0 aromatic heterocycles. The summed E-state index contributed by atoms with van der Waals surface area (Å²) in [7, 11) is 2.02. The Morgan fingerprint density at radius 2 is 2.07 bits per heavy atom. The van der Waals surface area contributed by atoms with E-state index < -0.39 is 5.60 Å². The molecule has 1 saturated carbocycles. The Hall–Kier alpha value is -0.590. The van der Waals surface area contributed by atoms with Crippen LogP contribution < -0.4 is 0 Å². The number of hydrogen-bond donors (Lipinski definition) is 1. The third-order valence-electron chi connectivity index (χ3n) is 3.50. The summed E-state index contributed by atoms with van der Waals surface area (Å²) in [5, 5.41) is 19.0. The maximum Gasteiger partial charge on any atom is 0.0774 e. The lowest BCUT2D eigenvalue weighted by atomic mass is 10.00. The van der Waals surface area contributed by atoms with Crippen LogP contribution in [-0.2, 0) is 0 Å². The summed E-state index contributed by atoms with van der Waals surface area (Å²) in [6, 6.07) is 2.51. The van der Waals surface area contributed by atoms with E-state index in [0.717, 1.165) is 32.1 Å². The van der Waals surface area contributed by atoms with E-state index in [4.69, 9.17) is 5.26 Å². The number of likely N-dealkylation sites (N-methyl/N-ethyl adjacent to an activating group) is 1. The first-order valence-corrected chi connectivity index (χ1v) is 5.91. The van der Waals surface area contributed by atoms with Crippen LogP contribution in [0.3, 0.4) is 0 Å². The zero-order valence-electron chi connectivity index (χ0n) is 9.87. The Morgan fingerprint density at radius 3 is 2.53 bits per heavy atom. The van der Waals surface area contributed by atoms with E-state index in [1.165, 1.54) is 0 Å². The lowest BCUT2D eigenvalue weighted by Crippen LogP contribution is -2.43. The second-order valence-corrected chi connectivity index (χ2v) is 4.77. The van der Waals surface area contributed by atoms with E-state index in [2.05, 4.69) is 17.9 Å². The molecule has 0 aliphatic heterocycles. The molecule has 1 fully saturated rings. The Balaban J connectivity index is 2.45. The zero-order valence-corrected chi connectivity index (χ0v) is 9.87. The van der Waals surface area contributed by atoms with Crippen molar-refractivity contribution in [2.24, 2.45) is 0 Å². The van der Waals surface area contributed by atoms with Crippen molar-refractivity contribution < 1.29 is 5.11 Å². The van der Waals surface area contributed by atoms with E-state index in [-0.39, 0.29) is 0 Å². The first-order valence-electron chi connectivity index (χ1n) is 5.91. The number of hydrogen-bond acceptors (Lipinski definition) is 3. The Morgan fingerprint density at radius 1 is 1.47 bits per heavy atom. The van der Waals surface area contributed by atoms with Gasteiger partial charge >= 0.3 is 0 Å². The average molecular weight is 210 g/mol. The maximum atomic E-state index is 10.2. The zero-order chi connectivity index (χ0) is 11.3. The number of aliphatic hydroxyl groups is 1. The molecule has 0 spiro atoms. The van der Waals surface area contributed by atoms with Gasteiger partial charge in [-0.1, -0.05) is 19.8 Å². The monoisotopic (exact) mass is 210 g/mol. The standard InChI is InChI=1S/C12H22N2O/c1-3-11(6-9-13)14(2)10-12(15)7-4-5-8-12/h11,15H,3-8,10H2,1-2H3. The molecule has 1 unspecified atom stereocenters. The van der Waals surface area contributed by atoms with Crippen LogP contribution in [0.25, 0.3) is 0 Å². The molecule has 1 aliphatic rings. The molecule has 1 atom stereocenters. The highest BCUT2D eigenvalue weighted by molar-refractivity contribution is 4.89. The first-order chi connectivity index (χ1) is 7.11. The van der Waals surface area contributed by atoms with Crippen molar-refractivity contribution in [3.63, 3.8) is 0 Å². The van der Waals surface area contributed by atoms with E-state index in [1.54, 1.807) is 0 Å². The summed E-state index contributed by atoms with van der Waals surface area (Å²) in [5.41, 5.74) is -0.488. The third kappa shape index (κ3) is 3.48. The number of nitrogens with zero attached hydrogens (tertiary/aromatic N) is 2. The summed E-state index contributed by atoms with van der Waals surface area (Å²) < 4.78 is 0. The Bertz CT molecular complexity index is 228. The van der Waals surface area contributed by atoms with Crippen LogP contribution in [0.1, 0.15) is 45.4 Å². The molecular weight excluding hydrogens is 188 g/mol. The highest BCUT2D eigenvalue weighted by Crippen LogP contribution is 2.30. The van der Waals surface area contributed by atoms with Crippen LogP contribution in [-0.4, -0.2) is 35.2 Å². The van der Waals surface area contributed by atoms with Crippen molar-refractivity contribution in [3.05, 3.63) is 0 Å². The van der Waals surface area contributed by atoms with Crippen LogP contribution in [0.5, 0.6) is 0 Å². The molecule has 86 valence electrons. The van der Waals surface area contributed by atoms with Crippen LogP contribution in [0, 0.1) is 11.3 Å². The molecule has 1 rings (SSSR count). The summed E-state index contributed by atoms with van der Waals surface area (Å²) in [5.74, 6) is 0. The molecular formula is C12H22N2O. The van der Waals surface area contributed by atoms with Crippen LogP contribution >= 0.6 is 0 Å². The van der Waals surface area contributed by atoms with Gasteiger partial charge in [-0.3, -0.25) is 4.90 Å². The van der Waals surface area contributed by atoms with Gasteiger partial charge in [-0.15, -0.1) is 0 Å². The molecule has 0 aromatic carbocycles. The van der Waals surface area contributed by atoms with Gasteiger partial charge in [0.2, 0.25) is 0 Å². The summed E-state index contributed by atoms with van der Waals surface area (Å²) in [4.78, 5) is 2.15. The Kier molecular flexibility index (Phi) is 4.56. The van der Waals surface area contributed by atoms with E-state index >= 15 is 0 Å². The number of rotatable bonds is 5. The third-order valence-corrected chi connectivity index (χ3v) is 3.50. The molecule has 3 heteroatoms. The minimum absolute atomic E-state index is 0.291. The summed E-state index contributed by atoms with van der Waals surface area (Å²) >= 11 is 0. The second kappa shape index (κ2) is 5.48. The predicted octanol–water partition coefficient (Wildman–Crippen LogP) is 1.92. The van der Waals surface area contributed by atoms with Crippen molar-refractivity contribution in [2.75, 3.05) is 13.6 Å². The molecule has 1 aliphatic carbocycles. The molecule has 0 saturated heterocycles. The lowest BCUT2D eigenvalue weighted by Gasteiger charge is -2.32. The lowest BCUT2D eigenvalue weighted by molar-refractivity contribution is 0.00529. The van der Waals surface area contributed by atoms with Crippen molar-refractivity contribution in [1.82, 2.24) is 4.90 Å². The smallest absolute Gasteiger partial charge is 0.0774 e. The molecule has 0 amide bonds. The minimum Gasteiger partial charge on any atom is -0.389 e. The molecule has 3 nitrogen and oxygen atoms in total. The van der Waals surface area contributed by atoms with Gasteiger partial charge in [0.15, 0.2) is 0 Å². The van der Waals surface area contributed by atoms with Crippen molar-refractivity contribution in [1.29, 1.82) is 5.26 Å². The largest absolute Gasteiger partial charge is 0.389 e. The van der Waals surface area contributed by atoms with Crippen molar-refractivity contribution in [3.8, 4) is 6.07 Å². The van der Waals surface area contributed by atoms with E-state index in [1.807, 2.05) is 7.05 Å². The predicted molar refractivity (Wildman–Crippen MR) is 60.4 cm³/mol. The van der Waals surface area contributed by atoms with Gasteiger partial charge in [0.05, 0.1) is 18.1 Å². The van der Waals surface area contributed by atoms with Gasteiger partial charge in [0, 0.05) is 12.6 Å². The molecule has 1 N–H and O–H groups in total. The fourth-order valence-electron chi connectivity index (χ4n) is 2.50. The van der Waals surface area contributed by atoms with Crippen LogP contribution in [0.15, 0.2) is 0 Å². The fraction of sp³-hybridized carbons (Fsp3) is 0.917. The molecule has 0 heterocycles. The maximum absolute atomic E-state index is 10.2. The highest BCUT2D eigenvalue weighted by atomic mass is 16.3. The van der Waals surface area contributed by atoms with Gasteiger partial charge in [-0.05, 0) is 26.3 Å². The van der Waals surface area contributed by atoms with Crippen LogP contribution in [0.4, 0.5) is 0 Å². The minimum atomic E-state index is -0.488. The van der Waals surface area contributed by atoms with Gasteiger partial charge in [-0.25, -0.2) is 0 Å². The molecule has 15 heavy (non-hydrogen) atoms. The van der Waals surface area contributed by atoms with E-state index in [9.17, 15) is 5.11 Å². The molecule has 0 bridgehead atoms. The van der Waals surface area contributed by atoms with Crippen molar-refractivity contribution >= 4 is 0 Å². The quantitative estimate of drug-likeness (QED) is 0.754. The van der Waals surface area contributed by atoms with Gasteiger partial charge < -0.3 is 5.11 Å². The first kappa shape index (κ1) is 12.5. The summed E-state index contributed by atoms with van der Waals surface area (Å²) in [6.45, 7) is 2.81. The molecule has 0 radical (unpaired) electrons. The Labute approximate surface area is 92.7 Å². The van der Waals surface area contributed by atoms with Gasteiger partial charge in [-0.2, -0.15) is 5.26 Å². The van der Waals surface area contributed by atoms with Crippen molar-refractivity contribution in [2.45, 2.75) is 57.1 Å². The SMILES string of the molecule is CCC(CC#N)N(C)CC1(O)CCCC1. The van der Waals surface area contributed by atoms with Gasteiger partial charge in [0.25, 0.3) is 0 Å².